The molecule has 3 aliphatic carbocycles. The Morgan fingerprint density at radius 1 is 1.12 bits per heavy atom. The van der Waals surface area contributed by atoms with Crippen molar-refractivity contribution in [1.82, 2.24) is 0 Å². The zero-order valence-electron chi connectivity index (χ0n) is 15.7. The highest BCUT2D eigenvalue weighted by Gasteiger charge is 2.44. The van der Waals surface area contributed by atoms with Crippen molar-refractivity contribution < 1.29 is 14.3 Å². The van der Waals surface area contributed by atoms with Crippen LogP contribution in [0, 0.1) is 17.8 Å². The quantitative estimate of drug-likeness (QED) is 0.562. The average Bonchev–Trinajstić information content (AvgIpc) is 3.17. The van der Waals surface area contributed by atoms with Crippen LogP contribution in [0.4, 0.5) is 0 Å². The third-order valence-corrected chi connectivity index (χ3v) is 6.68. The molecule has 2 saturated carbocycles. The number of allylic oxidation sites excluding steroid dienone is 2. The largest absolute Gasteiger partial charge is 0.456 e. The summed E-state index contributed by atoms with van der Waals surface area (Å²) < 4.78 is 5.94. The van der Waals surface area contributed by atoms with Crippen molar-refractivity contribution in [1.29, 1.82) is 0 Å². The molecule has 1 aromatic rings. The van der Waals surface area contributed by atoms with Crippen LogP contribution in [0.5, 0.6) is 0 Å². The zero-order chi connectivity index (χ0) is 18.3. The number of esters is 1. The molecule has 0 aliphatic heterocycles. The highest BCUT2D eigenvalue weighted by molar-refractivity contribution is 5.93. The fourth-order valence-corrected chi connectivity index (χ4v) is 5.06. The van der Waals surface area contributed by atoms with Gasteiger partial charge in [-0.25, -0.2) is 4.79 Å². The second-order valence-electron chi connectivity index (χ2n) is 8.72. The third kappa shape index (κ3) is 3.13. The molecule has 0 aromatic heterocycles. The molecule has 3 nitrogen and oxygen atoms in total. The zero-order valence-corrected chi connectivity index (χ0v) is 15.7. The lowest BCUT2D eigenvalue weighted by Crippen LogP contribution is -2.37. The Hall–Kier alpha value is -1.90. The summed E-state index contributed by atoms with van der Waals surface area (Å²) in [5.41, 5.74) is 1.25. The van der Waals surface area contributed by atoms with Crippen LogP contribution in [0.15, 0.2) is 36.4 Å². The maximum atomic E-state index is 12.8. The van der Waals surface area contributed by atoms with E-state index in [2.05, 4.69) is 0 Å². The molecular weight excluding hydrogens is 324 g/mol. The van der Waals surface area contributed by atoms with Gasteiger partial charge in [0.2, 0.25) is 0 Å². The minimum Gasteiger partial charge on any atom is -0.456 e. The number of ketones is 1. The van der Waals surface area contributed by atoms with Gasteiger partial charge in [0.25, 0.3) is 0 Å². The van der Waals surface area contributed by atoms with Crippen LogP contribution in [0.25, 0.3) is 0 Å². The van der Waals surface area contributed by atoms with E-state index in [1.54, 1.807) is 0 Å². The first-order chi connectivity index (χ1) is 12.5. The van der Waals surface area contributed by atoms with E-state index in [0.717, 1.165) is 24.8 Å². The van der Waals surface area contributed by atoms with Gasteiger partial charge in [-0.1, -0.05) is 43.5 Å². The van der Waals surface area contributed by atoms with Gasteiger partial charge in [-0.05, 0) is 62.6 Å². The van der Waals surface area contributed by atoms with E-state index in [4.69, 9.17) is 4.74 Å². The lowest BCUT2D eigenvalue weighted by molar-refractivity contribution is -0.120. The van der Waals surface area contributed by atoms with Crippen molar-refractivity contribution in [3.8, 4) is 0 Å². The summed E-state index contributed by atoms with van der Waals surface area (Å²) in [7, 11) is 0. The maximum absolute atomic E-state index is 12.8. The molecule has 0 spiro atoms. The Morgan fingerprint density at radius 3 is 2.54 bits per heavy atom. The monoisotopic (exact) mass is 352 g/mol. The second kappa shape index (κ2) is 6.68. The van der Waals surface area contributed by atoms with E-state index in [0.29, 0.717) is 17.3 Å². The van der Waals surface area contributed by atoms with Gasteiger partial charge in [0.05, 0.1) is 5.56 Å². The Bertz CT molecular complexity index is 740. The number of carbonyl (C=O) groups excluding carboxylic acids is 2. The first kappa shape index (κ1) is 17.5. The first-order valence-corrected chi connectivity index (χ1v) is 10.0. The van der Waals surface area contributed by atoms with Crippen LogP contribution >= 0.6 is 0 Å². The minimum absolute atomic E-state index is 0.00931. The Kier molecular flexibility index (Phi) is 4.50. The van der Waals surface area contributed by atoms with Crippen molar-refractivity contribution in [3.05, 3.63) is 47.5 Å². The summed E-state index contributed by atoms with van der Waals surface area (Å²) in [6, 6.07) is 7.72. The molecule has 0 N–H and O–H groups in total. The molecule has 3 unspecified atom stereocenters. The number of rotatable bonds is 4. The van der Waals surface area contributed by atoms with E-state index >= 15 is 0 Å². The number of fused-ring (bicyclic) bond motifs is 2. The summed E-state index contributed by atoms with van der Waals surface area (Å²) in [5, 5.41) is 0. The number of hydrogen-bond donors (Lipinski definition) is 0. The number of carbonyl (C=O) groups is 2. The third-order valence-electron chi connectivity index (χ3n) is 6.68. The Labute approximate surface area is 155 Å². The summed E-state index contributed by atoms with van der Waals surface area (Å²) in [4.78, 5) is 25.0. The lowest BCUT2D eigenvalue weighted by Gasteiger charge is -2.36. The average molecular weight is 352 g/mol. The summed E-state index contributed by atoms with van der Waals surface area (Å²) in [6.07, 6.45) is 11.0. The molecule has 1 aromatic carbocycles. The second-order valence-corrected chi connectivity index (χ2v) is 8.72. The molecule has 26 heavy (non-hydrogen) atoms. The number of benzene rings is 1. The minimum atomic E-state index is -0.432. The number of hydrogen-bond acceptors (Lipinski definition) is 3. The Morgan fingerprint density at radius 2 is 1.88 bits per heavy atom. The summed E-state index contributed by atoms with van der Waals surface area (Å²) in [5.74, 6) is 0.804. The van der Waals surface area contributed by atoms with E-state index in [1.165, 1.54) is 19.3 Å². The molecule has 0 radical (unpaired) electrons. The molecule has 138 valence electrons. The van der Waals surface area contributed by atoms with Crippen molar-refractivity contribution in [2.75, 3.05) is 0 Å². The fraction of sp³-hybridized carbons (Fsp3) is 0.565. The van der Waals surface area contributed by atoms with Crippen molar-refractivity contribution >= 4 is 11.8 Å². The fourth-order valence-electron chi connectivity index (χ4n) is 5.06. The predicted molar refractivity (Wildman–Crippen MR) is 101 cm³/mol. The predicted octanol–water partition coefficient (Wildman–Crippen LogP) is 5.06. The van der Waals surface area contributed by atoms with Gasteiger partial charge < -0.3 is 4.74 Å². The molecule has 3 atom stereocenters. The van der Waals surface area contributed by atoms with Crippen molar-refractivity contribution in [3.63, 3.8) is 0 Å². The molecule has 3 aliphatic rings. The van der Waals surface area contributed by atoms with Gasteiger partial charge in [-0.15, -0.1) is 0 Å². The van der Waals surface area contributed by atoms with Crippen LogP contribution in [0.1, 0.15) is 74.2 Å². The highest BCUT2D eigenvalue weighted by atomic mass is 16.6. The number of Topliss-reactive ketones (excluding diaryl/α,β-unsaturated/α-hetero) is 1. The van der Waals surface area contributed by atoms with Gasteiger partial charge in [0.1, 0.15) is 11.4 Å². The van der Waals surface area contributed by atoms with E-state index < -0.39 is 5.60 Å². The van der Waals surface area contributed by atoms with E-state index in [9.17, 15) is 9.59 Å². The SMILES string of the molecule is CC(C)(OC(=O)c1cccc(C2CC3C=CC2C3=O)c1)C1CCCCC1. The normalized spacial score (nSPS) is 28.5. The lowest BCUT2D eigenvalue weighted by atomic mass is 9.78. The van der Waals surface area contributed by atoms with Crippen molar-refractivity contribution in [2.45, 2.75) is 63.9 Å². The first-order valence-electron chi connectivity index (χ1n) is 10.0. The molecule has 4 rings (SSSR count). The topological polar surface area (TPSA) is 43.4 Å². The summed E-state index contributed by atoms with van der Waals surface area (Å²) in [6.45, 7) is 4.09. The maximum Gasteiger partial charge on any atom is 0.338 e. The molecule has 0 heterocycles. The van der Waals surface area contributed by atoms with Crippen LogP contribution in [-0.2, 0) is 9.53 Å². The van der Waals surface area contributed by atoms with Gasteiger partial charge in [0.15, 0.2) is 0 Å². The van der Waals surface area contributed by atoms with Crippen LogP contribution in [0.2, 0.25) is 0 Å². The summed E-state index contributed by atoms with van der Waals surface area (Å²) >= 11 is 0. The molecule has 2 bridgehead atoms. The highest BCUT2D eigenvalue weighted by Crippen LogP contribution is 2.46. The van der Waals surface area contributed by atoms with E-state index in [1.807, 2.05) is 50.3 Å². The molecular formula is C23H28O3. The van der Waals surface area contributed by atoms with Gasteiger partial charge in [-0.3, -0.25) is 4.79 Å². The standard InChI is InChI=1S/C23H28O3/c1-23(2,18-9-4-3-5-10-18)26-22(25)17-8-6-7-15(13-17)20-14-16-11-12-19(20)21(16)24/h6-8,11-13,16,18-20H,3-5,9-10,14H2,1-2H3. The number of ether oxygens (including phenoxy) is 1. The van der Waals surface area contributed by atoms with Crippen LogP contribution in [-0.4, -0.2) is 17.4 Å². The smallest absolute Gasteiger partial charge is 0.338 e. The van der Waals surface area contributed by atoms with E-state index in [-0.39, 0.29) is 23.7 Å². The van der Waals surface area contributed by atoms with Gasteiger partial charge in [-0.2, -0.15) is 0 Å². The molecule has 0 amide bonds. The van der Waals surface area contributed by atoms with Gasteiger partial charge >= 0.3 is 5.97 Å². The van der Waals surface area contributed by atoms with Crippen LogP contribution in [0.3, 0.4) is 0 Å². The van der Waals surface area contributed by atoms with Crippen LogP contribution < -0.4 is 0 Å². The Balaban J connectivity index is 1.49. The molecule has 3 heteroatoms. The molecule has 2 fully saturated rings. The van der Waals surface area contributed by atoms with Gasteiger partial charge in [0, 0.05) is 11.8 Å². The molecule has 0 saturated heterocycles. The van der Waals surface area contributed by atoms with Crippen molar-refractivity contribution in [2.24, 2.45) is 17.8 Å².